The van der Waals surface area contributed by atoms with Crippen LogP contribution in [0.4, 0.5) is 0 Å². The SMILES string of the molecule is CCOc1nc(C(C)C)ccc1-n1cnc(C)c1. The average molecular weight is 245 g/mol. The maximum absolute atomic E-state index is 5.63. The number of imidazole rings is 1. The van der Waals surface area contributed by atoms with Gasteiger partial charge in [0.05, 0.1) is 18.6 Å². The number of aromatic nitrogens is 3. The predicted octanol–water partition coefficient (Wildman–Crippen LogP) is 3.10. The average Bonchev–Trinajstić information content (AvgIpc) is 2.76. The topological polar surface area (TPSA) is 39.9 Å². The van der Waals surface area contributed by atoms with Gasteiger partial charge >= 0.3 is 0 Å². The summed E-state index contributed by atoms with van der Waals surface area (Å²) in [4.78, 5) is 8.81. The Labute approximate surface area is 108 Å². The zero-order valence-electron chi connectivity index (χ0n) is 11.3. The first-order valence-electron chi connectivity index (χ1n) is 6.26. The summed E-state index contributed by atoms with van der Waals surface area (Å²) in [5.74, 6) is 1.06. The lowest BCUT2D eigenvalue weighted by Crippen LogP contribution is -2.04. The van der Waals surface area contributed by atoms with Crippen molar-refractivity contribution in [2.45, 2.75) is 33.6 Å². The molecule has 0 N–H and O–H groups in total. The molecule has 0 aliphatic heterocycles. The van der Waals surface area contributed by atoms with Gasteiger partial charge in [0.1, 0.15) is 5.69 Å². The smallest absolute Gasteiger partial charge is 0.238 e. The van der Waals surface area contributed by atoms with E-state index in [9.17, 15) is 0 Å². The third-order valence-corrected chi connectivity index (χ3v) is 2.72. The summed E-state index contributed by atoms with van der Waals surface area (Å²) >= 11 is 0. The number of rotatable bonds is 4. The van der Waals surface area contributed by atoms with Crippen LogP contribution >= 0.6 is 0 Å². The van der Waals surface area contributed by atoms with Gasteiger partial charge in [-0.1, -0.05) is 13.8 Å². The Morgan fingerprint density at radius 3 is 2.67 bits per heavy atom. The molecule has 0 aliphatic rings. The van der Waals surface area contributed by atoms with Crippen molar-refractivity contribution in [1.29, 1.82) is 0 Å². The molecule has 2 heterocycles. The molecule has 0 aromatic carbocycles. The molecule has 2 aromatic heterocycles. The Balaban J connectivity index is 2.46. The highest BCUT2D eigenvalue weighted by Gasteiger charge is 2.11. The maximum Gasteiger partial charge on any atom is 0.238 e. The van der Waals surface area contributed by atoms with Gasteiger partial charge in [-0.15, -0.1) is 0 Å². The molecular formula is C14H19N3O. The van der Waals surface area contributed by atoms with E-state index in [4.69, 9.17) is 4.74 Å². The van der Waals surface area contributed by atoms with Gasteiger partial charge in [0.25, 0.3) is 0 Å². The largest absolute Gasteiger partial charge is 0.476 e. The molecule has 0 bridgehead atoms. The van der Waals surface area contributed by atoms with E-state index in [0.717, 1.165) is 17.1 Å². The summed E-state index contributed by atoms with van der Waals surface area (Å²) in [6, 6.07) is 4.08. The zero-order valence-corrected chi connectivity index (χ0v) is 11.3. The number of nitrogens with zero attached hydrogens (tertiary/aromatic N) is 3. The molecule has 4 nitrogen and oxygen atoms in total. The van der Waals surface area contributed by atoms with Crippen LogP contribution in [0.1, 0.15) is 38.1 Å². The molecule has 0 aliphatic carbocycles. The second kappa shape index (κ2) is 5.21. The van der Waals surface area contributed by atoms with Crippen LogP contribution in [0.3, 0.4) is 0 Å². The van der Waals surface area contributed by atoms with Crippen molar-refractivity contribution in [3.63, 3.8) is 0 Å². The third kappa shape index (κ3) is 2.53. The fourth-order valence-electron chi connectivity index (χ4n) is 1.76. The highest BCUT2D eigenvalue weighted by Crippen LogP contribution is 2.24. The van der Waals surface area contributed by atoms with Crippen molar-refractivity contribution in [3.05, 3.63) is 36.0 Å². The molecule has 96 valence electrons. The molecule has 0 atom stereocenters. The molecule has 0 saturated carbocycles. The predicted molar refractivity (Wildman–Crippen MR) is 71.4 cm³/mol. The second-order valence-corrected chi connectivity index (χ2v) is 4.57. The van der Waals surface area contributed by atoms with Gasteiger partial charge in [-0.25, -0.2) is 9.97 Å². The van der Waals surface area contributed by atoms with Gasteiger partial charge in [0, 0.05) is 11.9 Å². The molecule has 0 radical (unpaired) electrons. The molecule has 4 heteroatoms. The molecule has 0 spiro atoms. The van der Waals surface area contributed by atoms with Gasteiger partial charge in [0.15, 0.2) is 0 Å². The standard InChI is InChI=1S/C14H19N3O/c1-5-18-14-13(17-8-11(4)15-9-17)7-6-12(16-14)10(2)3/h6-10H,5H2,1-4H3. The van der Waals surface area contributed by atoms with E-state index in [2.05, 4.69) is 23.8 Å². The van der Waals surface area contributed by atoms with Gasteiger partial charge in [-0.2, -0.15) is 0 Å². The summed E-state index contributed by atoms with van der Waals surface area (Å²) < 4.78 is 7.57. The van der Waals surface area contributed by atoms with Crippen LogP contribution in [0.15, 0.2) is 24.7 Å². The Morgan fingerprint density at radius 2 is 2.11 bits per heavy atom. The third-order valence-electron chi connectivity index (χ3n) is 2.72. The molecule has 2 rings (SSSR count). The first-order chi connectivity index (χ1) is 8.61. The Morgan fingerprint density at radius 1 is 1.33 bits per heavy atom. The maximum atomic E-state index is 5.63. The zero-order chi connectivity index (χ0) is 13.1. The monoisotopic (exact) mass is 245 g/mol. The lowest BCUT2D eigenvalue weighted by molar-refractivity contribution is 0.324. The minimum Gasteiger partial charge on any atom is -0.476 e. The van der Waals surface area contributed by atoms with Crippen LogP contribution in [0.5, 0.6) is 5.88 Å². The van der Waals surface area contributed by atoms with Crippen LogP contribution in [0.25, 0.3) is 5.69 Å². The van der Waals surface area contributed by atoms with Crippen molar-refractivity contribution in [1.82, 2.24) is 14.5 Å². The summed E-state index contributed by atoms with van der Waals surface area (Å²) in [5.41, 5.74) is 2.95. The van der Waals surface area contributed by atoms with Crippen molar-refractivity contribution in [3.8, 4) is 11.6 Å². The van der Waals surface area contributed by atoms with E-state index < -0.39 is 0 Å². The highest BCUT2D eigenvalue weighted by atomic mass is 16.5. The first kappa shape index (κ1) is 12.6. The number of ether oxygens (including phenoxy) is 1. The molecule has 2 aromatic rings. The Kier molecular flexibility index (Phi) is 3.65. The fraction of sp³-hybridized carbons (Fsp3) is 0.429. The lowest BCUT2D eigenvalue weighted by atomic mass is 10.1. The second-order valence-electron chi connectivity index (χ2n) is 4.57. The van der Waals surface area contributed by atoms with E-state index >= 15 is 0 Å². The van der Waals surface area contributed by atoms with Crippen molar-refractivity contribution in [2.24, 2.45) is 0 Å². The normalized spacial score (nSPS) is 10.9. The van der Waals surface area contributed by atoms with Gasteiger partial charge in [-0.05, 0) is 31.9 Å². The molecule has 18 heavy (non-hydrogen) atoms. The van der Waals surface area contributed by atoms with Crippen LogP contribution in [-0.4, -0.2) is 21.1 Å². The van der Waals surface area contributed by atoms with E-state index in [1.54, 1.807) is 6.33 Å². The number of hydrogen-bond acceptors (Lipinski definition) is 3. The molecule has 0 saturated heterocycles. The number of pyridine rings is 1. The van der Waals surface area contributed by atoms with E-state index in [0.29, 0.717) is 18.4 Å². The van der Waals surface area contributed by atoms with Gasteiger partial charge in [-0.3, -0.25) is 0 Å². The number of hydrogen-bond donors (Lipinski definition) is 0. The van der Waals surface area contributed by atoms with E-state index in [1.165, 1.54) is 0 Å². The minimum absolute atomic E-state index is 0.391. The first-order valence-corrected chi connectivity index (χ1v) is 6.26. The summed E-state index contributed by atoms with van der Waals surface area (Å²) in [5, 5.41) is 0. The quantitative estimate of drug-likeness (QED) is 0.831. The number of aryl methyl sites for hydroxylation is 1. The minimum atomic E-state index is 0.391. The summed E-state index contributed by atoms with van der Waals surface area (Å²) in [7, 11) is 0. The molecular weight excluding hydrogens is 226 g/mol. The van der Waals surface area contributed by atoms with Gasteiger partial charge in [0.2, 0.25) is 5.88 Å². The summed E-state index contributed by atoms with van der Waals surface area (Å²) in [6.07, 6.45) is 3.75. The van der Waals surface area contributed by atoms with Crippen molar-refractivity contribution in [2.75, 3.05) is 6.61 Å². The van der Waals surface area contributed by atoms with E-state index in [1.807, 2.05) is 36.7 Å². The van der Waals surface area contributed by atoms with Gasteiger partial charge < -0.3 is 9.30 Å². The Hall–Kier alpha value is -1.84. The van der Waals surface area contributed by atoms with Crippen molar-refractivity contribution >= 4 is 0 Å². The van der Waals surface area contributed by atoms with E-state index in [-0.39, 0.29) is 0 Å². The molecule has 0 amide bonds. The molecule has 0 unspecified atom stereocenters. The Bertz CT molecular complexity index is 532. The van der Waals surface area contributed by atoms with Crippen molar-refractivity contribution < 1.29 is 4.74 Å². The lowest BCUT2D eigenvalue weighted by Gasteiger charge is -2.12. The highest BCUT2D eigenvalue weighted by molar-refractivity contribution is 5.43. The molecule has 0 fully saturated rings. The van der Waals surface area contributed by atoms with Crippen LogP contribution in [-0.2, 0) is 0 Å². The summed E-state index contributed by atoms with van der Waals surface area (Å²) in [6.45, 7) is 8.78. The van der Waals surface area contributed by atoms with Crippen LogP contribution < -0.4 is 4.74 Å². The van der Waals surface area contributed by atoms with Crippen LogP contribution in [0, 0.1) is 6.92 Å². The fourth-order valence-corrected chi connectivity index (χ4v) is 1.76. The van der Waals surface area contributed by atoms with Crippen LogP contribution in [0.2, 0.25) is 0 Å².